The first-order chi connectivity index (χ1) is 12.7. The zero-order valence-corrected chi connectivity index (χ0v) is 15.3. The number of hydrogen-bond donors (Lipinski definition) is 2. The molecule has 1 fully saturated rings. The molecule has 134 valence electrons. The van der Waals surface area contributed by atoms with Crippen LogP contribution in [-0.2, 0) is 12.0 Å². The van der Waals surface area contributed by atoms with Crippen LogP contribution in [0.4, 0.5) is 0 Å². The van der Waals surface area contributed by atoms with E-state index in [-0.39, 0.29) is 11.5 Å². The molecule has 3 heterocycles. The lowest BCUT2D eigenvalue weighted by molar-refractivity contribution is -0.0666. The average molecular weight is 346 g/mol. The maximum atomic E-state index is 11.3. The van der Waals surface area contributed by atoms with Gasteiger partial charge in [-0.1, -0.05) is 48.5 Å². The van der Waals surface area contributed by atoms with Gasteiger partial charge in [0, 0.05) is 29.1 Å². The summed E-state index contributed by atoms with van der Waals surface area (Å²) in [6.07, 6.45) is 2.85. The van der Waals surface area contributed by atoms with Crippen LogP contribution in [0.1, 0.15) is 42.7 Å². The average Bonchev–Trinajstić information content (AvgIpc) is 3.07. The number of piperidine rings is 1. The van der Waals surface area contributed by atoms with Gasteiger partial charge in [-0.3, -0.25) is 4.90 Å². The zero-order chi connectivity index (χ0) is 17.7. The Kier molecular flexibility index (Phi) is 3.70. The van der Waals surface area contributed by atoms with Crippen molar-refractivity contribution in [3.63, 3.8) is 0 Å². The Hall–Kier alpha value is -2.10. The predicted octanol–water partition coefficient (Wildman–Crippen LogP) is 4.38. The summed E-state index contributed by atoms with van der Waals surface area (Å²) in [6, 6.07) is 18.8. The van der Waals surface area contributed by atoms with Crippen LogP contribution in [0, 0.1) is 5.92 Å². The first-order valence-corrected chi connectivity index (χ1v) is 9.77. The number of aliphatic hydroxyl groups excluding tert-OH is 1. The number of nitrogens with zero attached hydrogens (tertiary/aromatic N) is 1. The van der Waals surface area contributed by atoms with Crippen LogP contribution in [0.3, 0.4) is 0 Å². The van der Waals surface area contributed by atoms with Crippen molar-refractivity contribution < 1.29 is 5.11 Å². The third kappa shape index (κ3) is 2.20. The molecular weight excluding hydrogens is 320 g/mol. The highest BCUT2D eigenvalue weighted by atomic mass is 16.3. The minimum Gasteiger partial charge on any atom is -0.388 e. The number of nitrogens with one attached hydrogen (secondary N) is 1. The van der Waals surface area contributed by atoms with Crippen molar-refractivity contribution in [3.8, 4) is 0 Å². The van der Waals surface area contributed by atoms with E-state index in [1.165, 1.54) is 22.2 Å². The maximum Gasteiger partial charge on any atom is 0.0839 e. The van der Waals surface area contributed by atoms with Crippen LogP contribution >= 0.6 is 0 Å². The summed E-state index contributed by atoms with van der Waals surface area (Å²) in [5, 5.41) is 12.7. The predicted molar refractivity (Wildman–Crippen MR) is 105 cm³/mol. The quantitative estimate of drug-likeness (QED) is 0.722. The van der Waals surface area contributed by atoms with Crippen molar-refractivity contribution in [1.82, 2.24) is 9.88 Å². The maximum absolute atomic E-state index is 11.3. The number of aliphatic hydroxyl groups is 1. The molecule has 0 aliphatic carbocycles. The van der Waals surface area contributed by atoms with Gasteiger partial charge < -0.3 is 10.1 Å². The highest BCUT2D eigenvalue weighted by Crippen LogP contribution is 2.51. The second kappa shape index (κ2) is 5.97. The van der Waals surface area contributed by atoms with Crippen molar-refractivity contribution in [3.05, 3.63) is 71.4 Å². The number of H-pyrrole nitrogens is 1. The molecule has 0 saturated carbocycles. The molecule has 0 amide bonds. The summed E-state index contributed by atoms with van der Waals surface area (Å²) in [6.45, 7) is 4.53. The Morgan fingerprint density at radius 1 is 1.08 bits per heavy atom. The molecular formula is C23H26N2O. The fraction of sp³-hybridized carbons (Fsp3) is 0.391. The Balaban J connectivity index is 1.66. The van der Waals surface area contributed by atoms with E-state index in [9.17, 15) is 5.11 Å². The summed E-state index contributed by atoms with van der Waals surface area (Å²) in [7, 11) is 0. The van der Waals surface area contributed by atoms with Gasteiger partial charge in [0.05, 0.1) is 11.6 Å². The normalized spacial score (nSPS) is 27.1. The lowest BCUT2D eigenvalue weighted by atomic mass is 9.68. The van der Waals surface area contributed by atoms with Crippen LogP contribution in [0.15, 0.2) is 54.6 Å². The largest absolute Gasteiger partial charge is 0.388 e. The van der Waals surface area contributed by atoms with Gasteiger partial charge in [0.2, 0.25) is 0 Å². The molecule has 3 aromatic rings. The van der Waals surface area contributed by atoms with Crippen molar-refractivity contribution in [1.29, 1.82) is 0 Å². The van der Waals surface area contributed by atoms with Gasteiger partial charge in [-0.15, -0.1) is 0 Å². The number of aromatic amines is 1. The number of rotatable bonds is 2. The number of para-hydroxylation sites is 1. The zero-order valence-electron chi connectivity index (χ0n) is 15.3. The molecule has 1 aromatic heterocycles. The van der Waals surface area contributed by atoms with Crippen LogP contribution in [0.25, 0.3) is 10.9 Å². The highest BCUT2D eigenvalue weighted by Gasteiger charge is 2.50. The van der Waals surface area contributed by atoms with Crippen molar-refractivity contribution in [2.24, 2.45) is 5.92 Å². The van der Waals surface area contributed by atoms with E-state index in [4.69, 9.17) is 0 Å². The highest BCUT2D eigenvalue weighted by molar-refractivity contribution is 5.85. The van der Waals surface area contributed by atoms with Crippen LogP contribution in [0.5, 0.6) is 0 Å². The first-order valence-electron chi connectivity index (χ1n) is 9.77. The third-order valence-corrected chi connectivity index (χ3v) is 6.80. The van der Waals surface area contributed by atoms with E-state index in [0.29, 0.717) is 0 Å². The van der Waals surface area contributed by atoms with Crippen LogP contribution < -0.4 is 0 Å². The lowest BCUT2D eigenvalue weighted by Crippen LogP contribution is -2.57. The number of benzene rings is 2. The van der Waals surface area contributed by atoms with Gasteiger partial charge in [0.1, 0.15) is 0 Å². The second-order valence-corrected chi connectivity index (χ2v) is 8.01. The molecule has 2 N–H and O–H groups in total. The van der Waals surface area contributed by atoms with Gasteiger partial charge in [0.15, 0.2) is 0 Å². The second-order valence-electron chi connectivity index (χ2n) is 8.01. The summed E-state index contributed by atoms with van der Waals surface area (Å²) in [4.78, 5) is 6.34. The molecule has 3 heteroatoms. The molecule has 3 nitrogen and oxygen atoms in total. The molecule has 5 rings (SSSR count). The van der Waals surface area contributed by atoms with Gasteiger partial charge in [-0.2, -0.15) is 0 Å². The Bertz CT molecular complexity index is 932. The van der Waals surface area contributed by atoms with E-state index >= 15 is 0 Å². The molecule has 0 bridgehead atoms. The Labute approximate surface area is 154 Å². The molecule has 2 aliphatic rings. The molecule has 0 radical (unpaired) electrons. The number of hydrogen-bond acceptors (Lipinski definition) is 2. The van der Waals surface area contributed by atoms with Gasteiger partial charge >= 0.3 is 0 Å². The third-order valence-electron chi connectivity index (χ3n) is 6.80. The van der Waals surface area contributed by atoms with Crippen molar-refractivity contribution in [2.75, 3.05) is 13.1 Å². The van der Waals surface area contributed by atoms with E-state index < -0.39 is 6.10 Å². The molecule has 26 heavy (non-hydrogen) atoms. The molecule has 1 unspecified atom stereocenters. The SMILES string of the molecule is C[C@@]12c3[nH]c4ccccc4c3CCN1CCC[C@H]2C(O)c1ccccc1. The molecule has 2 aliphatic heterocycles. The van der Waals surface area contributed by atoms with Crippen molar-refractivity contribution in [2.45, 2.75) is 37.8 Å². The fourth-order valence-electron chi connectivity index (χ4n) is 5.42. The van der Waals surface area contributed by atoms with E-state index in [0.717, 1.165) is 37.9 Å². The van der Waals surface area contributed by atoms with E-state index in [1.807, 2.05) is 18.2 Å². The van der Waals surface area contributed by atoms with Gasteiger partial charge in [0.25, 0.3) is 0 Å². The number of aromatic nitrogens is 1. The Morgan fingerprint density at radius 3 is 2.69 bits per heavy atom. The van der Waals surface area contributed by atoms with Crippen LogP contribution in [-0.4, -0.2) is 28.1 Å². The lowest BCUT2D eigenvalue weighted by Gasteiger charge is -2.54. The van der Waals surface area contributed by atoms with Gasteiger partial charge in [-0.05, 0) is 49.9 Å². The van der Waals surface area contributed by atoms with Gasteiger partial charge in [-0.25, -0.2) is 0 Å². The van der Waals surface area contributed by atoms with E-state index in [1.54, 1.807) is 0 Å². The molecule has 0 spiro atoms. The fourth-order valence-corrected chi connectivity index (χ4v) is 5.42. The molecule has 3 atom stereocenters. The monoisotopic (exact) mass is 346 g/mol. The minimum absolute atomic E-state index is 0.153. The van der Waals surface area contributed by atoms with Crippen LogP contribution in [0.2, 0.25) is 0 Å². The Morgan fingerprint density at radius 2 is 1.85 bits per heavy atom. The van der Waals surface area contributed by atoms with E-state index in [2.05, 4.69) is 53.2 Å². The van der Waals surface area contributed by atoms with Crippen molar-refractivity contribution >= 4 is 10.9 Å². The molecule has 2 aromatic carbocycles. The smallest absolute Gasteiger partial charge is 0.0839 e. The molecule has 1 saturated heterocycles. The first kappa shape index (κ1) is 16.1. The minimum atomic E-state index is -0.443. The summed E-state index contributed by atoms with van der Waals surface area (Å²) in [5.41, 5.74) is 4.87. The topological polar surface area (TPSA) is 39.3 Å². The summed E-state index contributed by atoms with van der Waals surface area (Å²) < 4.78 is 0. The number of fused-ring (bicyclic) bond motifs is 5. The summed E-state index contributed by atoms with van der Waals surface area (Å²) in [5.74, 6) is 0.186. The summed E-state index contributed by atoms with van der Waals surface area (Å²) >= 11 is 0. The standard InChI is InChI=1S/C23H26N2O/c1-23-19(21(26)16-8-3-2-4-9-16)11-7-14-25(23)15-13-18-17-10-5-6-12-20(17)24-22(18)23/h2-6,8-10,12,19,21,24,26H,7,11,13-15H2,1H3/t19-,21?,23+/m0/s1.